The molecular formula is C24H33NO3. The Morgan fingerprint density at radius 3 is 2.32 bits per heavy atom. The smallest absolute Gasteiger partial charge is 0.161 e. The molecule has 0 bridgehead atoms. The van der Waals surface area contributed by atoms with E-state index in [9.17, 15) is 5.11 Å². The minimum atomic E-state index is -0.459. The molecule has 0 aromatic heterocycles. The Labute approximate surface area is 169 Å². The molecule has 0 radical (unpaired) electrons. The van der Waals surface area contributed by atoms with E-state index < -0.39 is 6.10 Å². The van der Waals surface area contributed by atoms with E-state index in [-0.39, 0.29) is 0 Å². The summed E-state index contributed by atoms with van der Waals surface area (Å²) in [6, 6.07) is 12.9. The van der Waals surface area contributed by atoms with E-state index in [1.54, 1.807) is 14.2 Å². The summed E-state index contributed by atoms with van der Waals surface area (Å²) in [5.74, 6) is 1.60. The van der Waals surface area contributed by atoms with Gasteiger partial charge < -0.3 is 14.6 Å². The van der Waals surface area contributed by atoms with E-state index in [0.717, 1.165) is 49.3 Å². The van der Waals surface area contributed by atoms with Gasteiger partial charge in [-0.1, -0.05) is 36.8 Å². The van der Waals surface area contributed by atoms with Crippen LogP contribution in [0.3, 0.4) is 0 Å². The van der Waals surface area contributed by atoms with Gasteiger partial charge in [-0.25, -0.2) is 0 Å². The summed E-state index contributed by atoms with van der Waals surface area (Å²) in [5.41, 5.74) is 4.90. The largest absolute Gasteiger partial charge is 0.493 e. The van der Waals surface area contributed by atoms with Crippen LogP contribution in [0.5, 0.6) is 11.5 Å². The van der Waals surface area contributed by atoms with E-state index in [4.69, 9.17) is 9.47 Å². The summed E-state index contributed by atoms with van der Waals surface area (Å²) >= 11 is 0. The van der Waals surface area contributed by atoms with E-state index in [0.29, 0.717) is 12.6 Å². The first kappa shape index (κ1) is 20.7. The van der Waals surface area contributed by atoms with Crippen molar-refractivity contribution in [3.8, 4) is 11.5 Å². The molecule has 2 aromatic rings. The first-order valence-corrected chi connectivity index (χ1v) is 10.3. The SMILES string of the molecule is CCCN(CC(O)c1ccc(C)cc1)C1CCc2cc(OC)c(OC)cc2C1. The maximum absolute atomic E-state index is 10.8. The molecule has 4 nitrogen and oxygen atoms in total. The van der Waals surface area contributed by atoms with Gasteiger partial charge in [-0.3, -0.25) is 4.90 Å². The van der Waals surface area contributed by atoms with Crippen LogP contribution in [0.15, 0.2) is 36.4 Å². The summed E-state index contributed by atoms with van der Waals surface area (Å²) in [7, 11) is 3.37. The number of hydrogen-bond acceptors (Lipinski definition) is 4. The third-order valence-corrected chi connectivity index (χ3v) is 5.81. The van der Waals surface area contributed by atoms with Gasteiger partial charge in [0.05, 0.1) is 20.3 Å². The Bertz CT molecular complexity index is 772. The fraction of sp³-hybridized carbons (Fsp3) is 0.500. The van der Waals surface area contributed by atoms with Gasteiger partial charge in [0.25, 0.3) is 0 Å². The lowest BCUT2D eigenvalue weighted by Crippen LogP contribution is -2.42. The number of aliphatic hydroxyl groups excluding tert-OH is 1. The number of ether oxygens (including phenoxy) is 2. The number of rotatable bonds is 8. The molecule has 2 aromatic carbocycles. The van der Waals surface area contributed by atoms with Crippen molar-refractivity contribution in [3.05, 3.63) is 58.7 Å². The molecule has 152 valence electrons. The monoisotopic (exact) mass is 383 g/mol. The zero-order valence-corrected chi connectivity index (χ0v) is 17.6. The predicted octanol–water partition coefficient (Wildman–Crippen LogP) is 4.32. The van der Waals surface area contributed by atoms with Crippen LogP contribution >= 0.6 is 0 Å². The Balaban J connectivity index is 1.75. The standard InChI is InChI=1S/C24H33NO3/c1-5-12-25(16-22(26)18-8-6-17(2)7-9-18)21-11-10-19-14-23(27-3)24(28-4)15-20(19)13-21/h6-9,14-15,21-22,26H,5,10-13,16H2,1-4H3. The van der Waals surface area contributed by atoms with Gasteiger partial charge in [0, 0.05) is 12.6 Å². The lowest BCUT2D eigenvalue weighted by atomic mass is 9.86. The van der Waals surface area contributed by atoms with Gasteiger partial charge in [0.2, 0.25) is 0 Å². The van der Waals surface area contributed by atoms with Crippen molar-refractivity contribution < 1.29 is 14.6 Å². The highest BCUT2D eigenvalue weighted by atomic mass is 16.5. The fourth-order valence-corrected chi connectivity index (χ4v) is 4.20. The molecule has 1 aliphatic rings. The molecule has 0 saturated carbocycles. The van der Waals surface area contributed by atoms with Crippen molar-refractivity contribution in [2.24, 2.45) is 0 Å². The van der Waals surface area contributed by atoms with Crippen molar-refractivity contribution in [2.75, 3.05) is 27.3 Å². The van der Waals surface area contributed by atoms with Crippen LogP contribution in [0, 0.1) is 6.92 Å². The van der Waals surface area contributed by atoms with E-state index in [2.05, 4.69) is 43.0 Å². The first-order valence-electron chi connectivity index (χ1n) is 10.3. The molecule has 2 unspecified atom stereocenters. The molecule has 0 amide bonds. The molecule has 0 aliphatic heterocycles. The van der Waals surface area contributed by atoms with Crippen LogP contribution in [-0.4, -0.2) is 43.4 Å². The number of nitrogens with zero attached hydrogens (tertiary/aromatic N) is 1. The summed E-state index contributed by atoms with van der Waals surface area (Å²) in [5, 5.41) is 10.8. The lowest BCUT2D eigenvalue weighted by Gasteiger charge is -2.36. The zero-order chi connectivity index (χ0) is 20.1. The van der Waals surface area contributed by atoms with Crippen molar-refractivity contribution in [1.29, 1.82) is 0 Å². The Hall–Kier alpha value is -2.04. The Kier molecular flexibility index (Phi) is 6.97. The molecule has 0 fully saturated rings. The summed E-state index contributed by atoms with van der Waals surface area (Å²) < 4.78 is 11.0. The second kappa shape index (κ2) is 9.44. The normalized spacial score (nSPS) is 17.3. The van der Waals surface area contributed by atoms with Crippen LogP contribution in [0.25, 0.3) is 0 Å². The van der Waals surface area contributed by atoms with E-state index >= 15 is 0 Å². The first-order chi connectivity index (χ1) is 13.5. The Morgan fingerprint density at radius 2 is 1.71 bits per heavy atom. The maximum Gasteiger partial charge on any atom is 0.161 e. The number of benzene rings is 2. The summed E-state index contributed by atoms with van der Waals surface area (Å²) in [6.45, 7) is 5.94. The molecule has 4 heteroatoms. The fourth-order valence-electron chi connectivity index (χ4n) is 4.20. The molecule has 3 rings (SSSR count). The molecule has 1 N–H and O–H groups in total. The molecule has 0 saturated heterocycles. The van der Waals surface area contributed by atoms with Crippen LogP contribution in [0.4, 0.5) is 0 Å². The van der Waals surface area contributed by atoms with Gasteiger partial charge in [-0.2, -0.15) is 0 Å². The molecule has 0 heterocycles. The van der Waals surface area contributed by atoms with Crippen LogP contribution in [0.1, 0.15) is 48.1 Å². The summed E-state index contributed by atoms with van der Waals surface area (Å²) in [6.07, 6.45) is 3.73. The number of methoxy groups -OCH3 is 2. The van der Waals surface area contributed by atoms with Gasteiger partial charge >= 0.3 is 0 Å². The lowest BCUT2D eigenvalue weighted by molar-refractivity contribution is 0.0811. The number of aryl methyl sites for hydroxylation is 2. The van der Waals surface area contributed by atoms with Crippen molar-refractivity contribution in [2.45, 2.75) is 51.7 Å². The van der Waals surface area contributed by atoms with Gasteiger partial charge in [0.1, 0.15) is 0 Å². The maximum atomic E-state index is 10.8. The summed E-state index contributed by atoms with van der Waals surface area (Å²) in [4.78, 5) is 2.46. The molecule has 0 spiro atoms. The number of hydrogen-bond donors (Lipinski definition) is 1. The second-order valence-electron chi connectivity index (χ2n) is 7.79. The van der Waals surface area contributed by atoms with Crippen molar-refractivity contribution in [1.82, 2.24) is 4.90 Å². The highest BCUT2D eigenvalue weighted by molar-refractivity contribution is 5.48. The van der Waals surface area contributed by atoms with Gasteiger partial charge in [-0.05, 0) is 68.0 Å². The topological polar surface area (TPSA) is 41.9 Å². The van der Waals surface area contributed by atoms with Crippen LogP contribution < -0.4 is 9.47 Å². The van der Waals surface area contributed by atoms with E-state index in [1.807, 2.05) is 12.1 Å². The minimum Gasteiger partial charge on any atom is -0.493 e. The Morgan fingerprint density at radius 1 is 1.07 bits per heavy atom. The second-order valence-corrected chi connectivity index (χ2v) is 7.79. The van der Waals surface area contributed by atoms with E-state index in [1.165, 1.54) is 16.7 Å². The average Bonchev–Trinajstić information content (AvgIpc) is 2.72. The number of aliphatic hydroxyl groups is 1. The quantitative estimate of drug-likeness (QED) is 0.737. The van der Waals surface area contributed by atoms with Crippen molar-refractivity contribution >= 4 is 0 Å². The third kappa shape index (κ3) is 4.68. The van der Waals surface area contributed by atoms with Gasteiger partial charge in [0.15, 0.2) is 11.5 Å². The third-order valence-electron chi connectivity index (χ3n) is 5.81. The van der Waals surface area contributed by atoms with Crippen LogP contribution in [-0.2, 0) is 12.8 Å². The molecular weight excluding hydrogens is 350 g/mol. The highest BCUT2D eigenvalue weighted by Gasteiger charge is 2.27. The predicted molar refractivity (Wildman–Crippen MR) is 113 cm³/mol. The molecule has 28 heavy (non-hydrogen) atoms. The minimum absolute atomic E-state index is 0.436. The highest BCUT2D eigenvalue weighted by Crippen LogP contribution is 2.35. The number of fused-ring (bicyclic) bond motifs is 1. The molecule has 1 aliphatic carbocycles. The van der Waals surface area contributed by atoms with Gasteiger partial charge in [-0.15, -0.1) is 0 Å². The zero-order valence-electron chi connectivity index (χ0n) is 17.6. The molecule has 2 atom stereocenters. The van der Waals surface area contributed by atoms with Crippen molar-refractivity contribution in [3.63, 3.8) is 0 Å². The van der Waals surface area contributed by atoms with Crippen LogP contribution in [0.2, 0.25) is 0 Å². The average molecular weight is 384 g/mol.